The van der Waals surface area contributed by atoms with Gasteiger partial charge in [-0.1, -0.05) is 12.1 Å². The van der Waals surface area contributed by atoms with Crippen molar-refractivity contribution in [3.8, 4) is 0 Å². The number of hydrogen-bond donors (Lipinski definition) is 1. The Morgan fingerprint density at radius 1 is 1.43 bits per heavy atom. The molecule has 74 valence electrons. The SMILES string of the molecule is Cc1c2ccc(CCN)cc2nn1C. The molecule has 2 rings (SSSR count). The fourth-order valence-electron chi connectivity index (χ4n) is 1.70. The molecule has 0 fully saturated rings. The van der Waals surface area contributed by atoms with Gasteiger partial charge in [-0.05, 0) is 31.5 Å². The molecule has 0 unspecified atom stereocenters. The van der Waals surface area contributed by atoms with E-state index in [0.717, 1.165) is 11.9 Å². The summed E-state index contributed by atoms with van der Waals surface area (Å²) in [5, 5.41) is 5.66. The van der Waals surface area contributed by atoms with E-state index in [4.69, 9.17) is 5.73 Å². The van der Waals surface area contributed by atoms with Gasteiger partial charge in [0.15, 0.2) is 0 Å². The molecule has 1 aromatic carbocycles. The molecular formula is C11H15N3. The monoisotopic (exact) mass is 189 g/mol. The summed E-state index contributed by atoms with van der Waals surface area (Å²) < 4.78 is 1.91. The summed E-state index contributed by atoms with van der Waals surface area (Å²) in [5.74, 6) is 0. The number of aromatic nitrogens is 2. The summed E-state index contributed by atoms with van der Waals surface area (Å²) >= 11 is 0. The molecule has 0 radical (unpaired) electrons. The zero-order valence-electron chi connectivity index (χ0n) is 8.62. The molecule has 14 heavy (non-hydrogen) atoms. The highest BCUT2D eigenvalue weighted by atomic mass is 15.3. The maximum absolute atomic E-state index is 5.51. The van der Waals surface area contributed by atoms with Gasteiger partial charge in [-0.2, -0.15) is 5.10 Å². The van der Waals surface area contributed by atoms with E-state index in [-0.39, 0.29) is 0 Å². The van der Waals surface area contributed by atoms with Crippen molar-refractivity contribution in [3.05, 3.63) is 29.5 Å². The number of nitrogens with zero attached hydrogens (tertiary/aromatic N) is 2. The van der Waals surface area contributed by atoms with Crippen LogP contribution in [-0.4, -0.2) is 16.3 Å². The van der Waals surface area contributed by atoms with Gasteiger partial charge in [0.05, 0.1) is 5.52 Å². The zero-order chi connectivity index (χ0) is 10.1. The van der Waals surface area contributed by atoms with Crippen molar-refractivity contribution in [3.63, 3.8) is 0 Å². The van der Waals surface area contributed by atoms with E-state index < -0.39 is 0 Å². The van der Waals surface area contributed by atoms with Crippen molar-refractivity contribution in [2.75, 3.05) is 6.54 Å². The molecular weight excluding hydrogens is 174 g/mol. The van der Waals surface area contributed by atoms with Crippen LogP contribution >= 0.6 is 0 Å². The van der Waals surface area contributed by atoms with E-state index >= 15 is 0 Å². The molecule has 1 heterocycles. The minimum atomic E-state index is 0.692. The largest absolute Gasteiger partial charge is 0.330 e. The Bertz CT molecular complexity index is 457. The average Bonchev–Trinajstić information content (AvgIpc) is 2.43. The number of fused-ring (bicyclic) bond motifs is 1. The first kappa shape index (κ1) is 9.21. The van der Waals surface area contributed by atoms with Crippen LogP contribution in [0.25, 0.3) is 10.9 Å². The molecule has 0 amide bonds. The average molecular weight is 189 g/mol. The fourth-order valence-corrected chi connectivity index (χ4v) is 1.70. The second-order valence-electron chi connectivity index (χ2n) is 3.60. The summed E-state index contributed by atoms with van der Waals surface area (Å²) in [5.41, 5.74) is 9.05. The molecule has 2 N–H and O–H groups in total. The van der Waals surface area contributed by atoms with Crippen LogP contribution in [0.2, 0.25) is 0 Å². The number of rotatable bonds is 2. The maximum atomic E-state index is 5.51. The summed E-state index contributed by atoms with van der Waals surface area (Å²) in [7, 11) is 1.97. The minimum Gasteiger partial charge on any atom is -0.330 e. The van der Waals surface area contributed by atoms with Gasteiger partial charge in [0.1, 0.15) is 0 Å². The van der Waals surface area contributed by atoms with Gasteiger partial charge in [-0.3, -0.25) is 4.68 Å². The first-order chi connectivity index (χ1) is 6.72. The lowest BCUT2D eigenvalue weighted by Gasteiger charge is -1.97. The van der Waals surface area contributed by atoms with Crippen molar-refractivity contribution in [1.82, 2.24) is 9.78 Å². The molecule has 3 nitrogen and oxygen atoms in total. The van der Waals surface area contributed by atoms with Crippen molar-refractivity contribution >= 4 is 10.9 Å². The van der Waals surface area contributed by atoms with E-state index in [2.05, 4.69) is 30.2 Å². The van der Waals surface area contributed by atoms with Gasteiger partial charge in [-0.15, -0.1) is 0 Å². The molecule has 0 saturated heterocycles. The lowest BCUT2D eigenvalue weighted by atomic mass is 10.1. The molecule has 0 aliphatic heterocycles. The Labute approximate surface area is 83.5 Å². The third-order valence-electron chi connectivity index (χ3n) is 2.63. The number of hydrogen-bond acceptors (Lipinski definition) is 2. The predicted molar refractivity (Wildman–Crippen MR) is 58.2 cm³/mol. The van der Waals surface area contributed by atoms with Crippen LogP contribution in [0.5, 0.6) is 0 Å². The second-order valence-corrected chi connectivity index (χ2v) is 3.60. The van der Waals surface area contributed by atoms with Crippen LogP contribution in [0.1, 0.15) is 11.3 Å². The van der Waals surface area contributed by atoms with Crippen molar-refractivity contribution in [2.45, 2.75) is 13.3 Å². The summed E-state index contributed by atoms with van der Waals surface area (Å²) in [4.78, 5) is 0. The molecule has 1 aromatic heterocycles. The van der Waals surface area contributed by atoms with Crippen molar-refractivity contribution in [2.24, 2.45) is 12.8 Å². The first-order valence-electron chi connectivity index (χ1n) is 4.84. The number of benzene rings is 1. The molecule has 0 saturated carbocycles. The standard InChI is InChI=1S/C11H15N3/c1-8-10-4-3-9(5-6-12)7-11(10)13-14(8)2/h3-4,7H,5-6,12H2,1-2H3. The summed E-state index contributed by atoms with van der Waals surface area (Å²) in [6.45, 7) is 2.77. The maximum Gasteiger partial charge on any atom is 0.0928 e. The molecule has 3 heteroatoms. The van der Waals surface area contributed by atoms with Gasteiger partial charge in [0, 0.05) is 18.1 Å². The molecule has 0 bridgehead atoms. The van der Waals surface area contributed by atoms with Crippen LogP contribution in [-0.2, 0) is 13.5 Å². The van der Waals surface area contributed by atoms with E-state index in [0.29, 0.717) is 6.54 Å². The molecule has 0 aliphatic rings. The van der Waals surface area contributed by atoms with Gasteiger partial charge in [0.2, 0.25) is 0 Å². The normalized spacial score (nSPS) is 11.1. The van der Waals surface area contributed by atoms with Crippen LogP contribution < -0.4 is 5.73 Å². The van der Waals surface area contributed by atoms with Crippen LogP contribution in [0.3, 0.4) is 0 Å². The molecule has 0 atom stereocenters. The van der Waals surface area contributed by atoms with E-state index in [9.17, 15) is 0 Å². The lowest BCUT2D eigenvalue weighted by molar-refractivity contribution is 0.751. The fraction of sp³-hybridized carbons (Fsp3) is 0.364. The lowest BCUT2D eigenvalue weighted by Crippen LogP contribution is -2.02. The summed E-state index contributed by atoms with van der Waals surface area (Å²) in [6, 6.07) is 6.38. The Hall–Kier alpha value is -1.35. The van der Waals surface area contributed by atoms with Crippen molar-refractivity contribution < 1.29 is 0 Å². The van der Waals surface area contributed by atoms with Crippen LogP contribution in [0.15, 0.2) is 18.2 Å². The van der Waals surface area contributed by atoms with Crippen LogP contribution in [0.4, 0.5) is 0 Å². The van der Waals surface area contributed by atoms with E-state index in [1.165, 1.54) is 16.6 Å². The van der Waals surface area contributed by atoms with E-state index in [1.807, 2.05) is 11.7 Å². The third-order valence-corrected chi connectivity index (χ3v) is 2.63. The number of nitrogens with two attached hydrogens (primary N) is 1. The highest BCUT2D eigenvalue weighted by Crippen LogP contribution is 2.18. The van der Waals surface area contributed by atoms with E-state index in [1.54, 1.807) is 0 Å². The van der Waals surface area contributed by atoms with Gasteiger partial charge >= 0.3 is 0 Å². The third kappa shape index (κ3) is 1.40. The van der Waals surface area contributed by atoms with Gasteiger partial charge < -0.3 is 5.73 Å². The molecule has 0 spiro atoms. The highest BCUT2D eigenvalue weighted by Gasteiger charge is 2.04. The van der Waals surface area contributed by atoms with Crippen molar-refractivity contribution in [1.29, 1.82) is 0 Å². The highest BCUT2D eigenvalue weighted by molar-refractivity contribution is 5.81. The Balaban J connectivity index is 2.56. The van der Waals surface area contributed by atoms with Crippen LogP contribution in [0, 0.1) is 6.92 Å². The topological polar surface area (TPSA) is 43.8 Å². The van der Waals surface area contributed by atoms with Gasteiger partial charge in [-0.25, -0.2) is 0 Å². The quantitative estimate of drug-likeness (QED) is 0.775. The predicted octanol–water partition coefficient (Wildman–Crippen LogP) is 1.38. The first-order valence-corrected chi connectivity index (χ1v) is 4.84. The summed E-state index contributed by atoms with van der Waals surface area (Å²) in [6.07, 6.45) is 0.922. The smallest absolute Gasteiger partial charge is 0.0928 e. The Morgan fingerprint density at radius 3 is 2.93 bits per heavy atom. The minimum absolute atomic E-state index is 0.692. The number of aryl methyl sites for hydroxylation is 2. The Morgan fingerprint density at radius 2 is 2.21 bits per heavy atom. The second kappa shape index (κ2) is 3.42. The van der Waals surface area contributed by atoms with Gasteiger partial charge in [0.25, 0.3) is 0 Å². The molecule has 0 aliphatic carbocycles. The zero-order valence-corrected chi connectivity index (χ0v) is 8.62. The Kier molecular flexibility index (Phi) is 2.25. The molecule has 2 aromatic rings.